The number of hydrogen-bond acceptors (Lipinski definition) is 15. The number of aromatic nitrogens is 2. The minimum Gasteiger partial charge on any atom is -0.501 e. The molecule has 5 rings (SSSR count). The van der Waals surface area contributed by atoms with Crippen molar-refractivity contribution in [1.82, 2.24) is 9.97 Å². The lowest BCUT2D eigenvalue weighted by atomic mass is 9.99. The van der Waals surface area contributed by atoms with Gasteiger partial charge in [-0.3, -0.25) is 20.2 Å². The number of benzene rings is 2. The van der Waals surface area contributed by atoms with Crippen LogP contribution in [0.1, 0.15) is 17.2 Å². The second kappa shape index (κ2) is 10.1. The predicted octanol–water partition coefficient (Wildman–Crippen LogP) is 5.11. The van der Waals surface area contributed by atoms with Crippen molar-refractivity contribution < 1.29 is 34.0 Å². The number of nitro benzene ring substituents is 2. The number of rotatable bonds is 8. The smallest absolute Gasteiger partial charge is 0.375 e. The van der Waals surface area contributed by atoms with Gasteiger partial charge < -0.3 is 14.6 Å². The molecule has 0 bridgehead atoms. The lowest BCUT2D eigenvalue weighted by molar-refractivity contribution is -0.384. The number of esters is 2. The molecule has 200 valence electrons. The van der Waals surface area contributed by atoms with Gasteiger partial charge in [0.25, 0.3) is 17.0 Å². The van der Waals surface area contributed by atoms with Gasteiger partial charge in [-0.1, -0.05) is 11.8 Å². The number of hydrogen-bond donors (Lipinski definition) is 2. The lowest BCUT2D eigenvalue weighted by Crippen LogP contribution is -2.46. The first-order chi connectivity index (χ1) is 18.5. The number of aliphatic hydroxyl groups excluding tert-OH is 1. The molecule has 13 nitrogen and oxygen atoms in total. The highest BCUT2D eigenvalue weighted by molar-refractivity contribution is 8.05. The summed E-state index contributed by atoms with van der Waals surface area (Å²) in [5, 5.41) is 32.0. The van der Waals surface area contributed by atoms with Gasteiger partial charge in [0.2, 0.25) is 5.76 Å². The van der Waals surface area contributed by atoms with E-state index in [-0.39, 0.29) is 32.2 Å². The van der Waals surface area contributed by atoms with Crippen molar-refractivity contribution in [2.24, 2.45) is 0 Å². The molecule has 1 aliphatic heterocycles. The molecule has 0 fully saturated rings. The molecule has 17 heteroatoms. The molecule has 4 aromatic rings. The molecule has 2 atom stereocenters. The Bertz CT molecular complexity index is 1730. The van der Waals surface area contributed by atoms with E-state index in [9.17, 15) is 34.9 Å². The zero-order valence-corrected chi connectivity index (χ0v) is 22.8. The number of thiazole rings is 2. The normalized spacial score (nSPS) is 17.9. The van der Waals surface area contributed by atoms with E-state index in [1.165, 1.54) is 36.4 Å². The Hall–Kier alpha value is -3.80. The Kier molecular flexibility index (Phi) is 6.91. The van der Waals surface area contributed by atoms with Gasteiger partial charge in [0.15, 0.2) is 4.34 Å². The lowest BCUT2D eigenvalue weighted by Gasteiger charge is -2.31. The number of thiol groups is 1. The van der Waals surface area contributed by atoms with E-state index in [4.69, 9.17) is 9.47 Å². The quantitative estimate of drug-likeness (QED) is 0.117. The zero-order chi connectivity index (χ0) is 28.1. The molecule has 0 aliphatic carbocycles. The molecule has 1 N–H and O–H groups in total. The Labute approximate surface area is 235 Å². The van der Waals surface area contributed by atoms with Gasteiger partial charge in [0.05, 0.1) is 41.8 Å². The van der Waals surface area contributed by atoms with Crippen LogP contribution in [0.25, 0.3) is 20.4 Å². The van der Waals surface area contributed by atoms with E-state index < -0.39 is 38.4 Å². The SMILES string of the molecule is CCOC(=O)C1(C(S)c2nc3ccc([N+](=O)[O-])cc3s2)OC(=O)C(O)=C1Sc1nc2ccc([N+](=O)[O-])cc2s1. The maximum absolute atomic E-state index is 13.4. The van der Waals surface area contributed by atoms with E-state index in [1.807, 2.05) is 0 Å². The minimum atomic E-state index is -2.27. The maximum atomic E-state index is 13.4. The number of cyclic esters (lactones) is 1. The second-order valence-corrected chi connectivity index (χ2v) is 11.7. The Morgan fingerprint density at radius 3 is 2.31 bits per heavy atom. The number of nitrogens with zero attached hydrogens (tertiary/aromatic N) is 4. The first-order valence-electron chi connectivity index (χ1n) is 10.8. The largest absolute Gasteiger partial charge is 0.501 e. The molecule has 0 amide bonds. The summed E-state index contributed by atoms with van der Waals surface area (Å²) in [6.07, 6.45) is 0. The second-order valence-electron chi connectivity index (χ2n) is 7.88. The van der Waals surface area contributed by atoms with Crippen LogP contribution in [0.15, 0.2) is 51.4 Å². The van der Waals surface area contributed by atoms with Crippen LogP contribution < -0.4 is 0 Å². The predicted molar refractivity (Wildman–Crippen MR) is 145 cm³/mol. The summed E-state index contributed by atoms with van der Waals surface area (Å²) < 4.78 is 11.8. The van der Waals surface area contributed by atoms with Crippen molar-refractivity contribution in [2.75, 3.05) is 6.61 Å². The minimum absolute atomic E-state index is 0.0891. The zero-order valence-electron chi connectivity index (χ0n) is 19.4. The Balaban J connectivity index is 1.60. The molecule has 2 aromatic carbocycles. The maximum Gasteiger partial charge on any atom is 0.375 e. The van der Waals surface area contributed by atoms with Gasteiger partial charge in [-0.2, -0.15) is 12.6 Å². The average molecular weight is 607 g/mol. The summed E-state index contributed by atoms with van der Waals surface area (Å²) in [6, 6.07) is 8.12. The first-order valence-corrected chi connectivity index (χ1v) is 13.8. The van der Waals surface area contributed by atoms with Crippen LogP contribution in [0.2, 0.25) is 0 Å². The van der Waals surface area contributed by atoms with Crippen molar-refractivity contribution in [2.45, 2.75) is 22.1 Å². The molecule has 1 aliphatic rings. The fourth-order valence-electron chi connectivity index (χ4n) is 3.77. The molecular formula is C22H14N4O9S4. The van der Waals surface area contributed by atoms with Crippen LogP contribution in [0.3, 0.4) is 0 Å². The third-order valence-electron chi connectivity index (χ3n) is 5.55. The molecule has 0 saturated heterocycles. The van der Waals surface area contributed by atoms with Gasteiger partial charge in [0, 0.05) is 24.3 Å². The standard InChI is InChI=1S/C22H14N4O9S4/c1-2-34-20(29)22(16(36)18-23-11-5-3-9(25(30)31)7-13(11)37-18)17(15(27)19(28)35-22)39-21-24-12-6-4-10(26(32)33)8-14(12)38-21/h3-8,16,27,36H,2H2,1H3. The summed E-state index contributed by atoms with van der Waals surface area (Å²) in [5.41, 5.74) is -1.76. The number of carbonyl (C=O) groups is 2. The molecular weight excluding hydrogens is 593 g/mol. The number of fused-ring (bicyclic) bond motifs is 2. The van der Waals surface area contributed by atoms with Crippen molar-refractivity contribution in [1.29, 1.82) is 0 Å². The third-order valence-corrected chi connectivity index (χ3v) is 9.69. The molecule has 39 heavy (non-hydrogen) atoms. The first kappa shape index (κ1) is 26.8. The fraction of sp³-hybridized carbons (Fsp3) is 0.182. The third kappa shape index (κ3) is 4.56. The van der Waals surface area contributed by atoms with E-state index in [0.717, 1.165) is 34.4 Å². The highest BCUT2D eigenvalue weighted by Crippen LogP contribution is 2.53. The van der Waals surface area contributed by atoms with Crippen LogP contribution in [0.5, 0.6) is 0 Å². The number of non-ortho nitro benzene ring substituents is 2. The molecule has 3 heterocycles. The Morgan fingerprint density at radius 2 is 1.72 bits per heavy atom. The van der Waals surface area contributed by atoms with Gasteiger partial charge >= 0.3 is 11.9 Å². The summed E-state index contributed by atoms with van der Waals surface area (Å²) in [7, 11) is 0. The van der Waals surface area contributed by atoms with Crippen molar-refractivity contribution >= 4 is 90.8 Å². The van der Waals surface area contributed by atoms with Crippen LogP contribution in [0.4, 0.5) is 11.4 Å². The summed E-state index contributed by atoms with van der Waals surface area (Å²) in [5.74, 6) is -3.07. The van der Waals surface area contributed by atoms with Gasteiger partial charge in [-0.05, 0) is 19.1 Å². The average Bonchev–Trinajstić information content (AvgIpc) is 3.58. The van der Waals surface area contributed by atoms with Crippen LogP contribution in [-0.4, -0.2) is 49.1 Å². The molecule has 2 unspecified atom stereocenters. The monoisotopic (exact) mass is 606 g/mol. The van der Waals surface area contributed by atoms with Crippen LogP contribution >= 0.6 is 47.1 Å². The van der Waals surface area contributed by atoms with Gasteiger partial charge in [0.1, 0.15) is 10.3 Å². The fourth-order valence-corrected chi connectivity index (χ4v) is 7.71. The topological polar surface area (TPSA) is 185 Å². The molecule has 0 spiro atoms. The molecule has 2 aromatic heterocycles. The van der Waals surface area contributed by atoms with Gasteiger partial charge in [-0.25, -0.2) is 19.6 Å². The number of nitro groups is 2. The van der Waals surface area contributed by atoms with Crippen molar-refractivity contribution in [3.63, 3.8) is 0 Å². The van der Waals surface area contributed by atoms with Crippen molar-refractivity contribution in [3.8, 4) is 0 Å². The highest BCUT2D eigenvalue weighted by atomic mass is 32.2. The van der Waals surface area contributed by atoms with E-state index in [2.05, 4.69) is 22.6 Å². The number of thioether (sulfide) groups is 1. The number of ether oxygens (including phenoxy) is 2. The van der Waals surface area contributed by atoms with E-state index in [1.54, 1.807) is 6.92 Å². The highest BCUT2D eigenvalue weighted by Gasteiger charge is 2.61. The Morgan fingerprint density at radius 1 is 1.13 bits per heavy atom. The summed E-state index contributed by atoms with van der Waals surface area (Å²) >= 11 is 7.38. The van der Waals surface area contributed by atoms with E-state index >= 15 is 0 Å². The number of carbonyl (C=O) groups excluding carboxylic acids is 2. The summed E-state index contributed by atoms with van der Waals surface area (Å²) in [6.45, 7) is 1.46. The molecule has 0 saturated carbocycles. The number of aliphatic hydroxyl groups is 1. The van der Waals surface area contributed by atoms with Crippen LogP contribution in [0, 0.1) is 20.2 Å². The summed E-state index contributed by atoms with van der Waals surface area (Å²) in [4.78, 5) is 55.9. The van der Waals surface area contributed by atoms with Gasteiger partial charge in [-0.15, -0.1) is 22.7 Å². The molecule has 0 radical (unpaired) electrons. The van der Waals surface area contributed by atoms with Crippen LogP contribution in [-0.2, 0) is 19.1 Å². The van der Waals surface area contributed by atoms with E-state index in [0.29, 0.717) is 20.4 Å². The van der Waals surface area contributed by atoms with Crippen molar-refractivity contribution in [3.05, 3.63) is 72.3 Å².